The Labute approximate surface area is 126 Å². The molecule has 0 radical (unpaired) electrons. The largest absolute Gasteiger partial charge is 0.480 e. The molecular formula is C15H26N2O4. The number of carboxylic acid groups (broad SMARTS) is 1. The van der Waals surface area contributed by atoms with E-state index >= 15 is 0 Å². The first kappa shape index (κ1) is 16.1. The van der Waals surface area contributed by atoms with Crippen LogP contribution in [0.5, 0.6) is 0 Å². The highest BCUT2D eigenvalue weighted by Gasteiger charge is 2.36. The van der Waals surface area contributed by atoms with Gasteiger partial charge in [0.25, 0.3) is 0 Å². The van der Waals surface area contributed by atoms with Gasteiger partial charge in [0.05, 0.1) is 6.61 Å². The lowest BCUT2D eigenvalue weighted by atomic mass is 9.92. The van der Waals surface area contributed by atoms with E-state index in [4.69, 9.17) is 4.74 Å². The van der Waals surface area contributed by atoms with Crippen molar-refractivity contribution in [2.45, 2.75) is 38.6 Å². The van der Waals surface area contributed by atoms with Gasteiger partial charge in [-0.15, -0.1) is 0 Å². The third-order valence-corrected chi connectivity index (χ3v) is 4.51. The average molecular weight is 298 g/mol. The third-order valence-electron chi connectivity index (χ3n) is 4.51. The van der Waals surface area contributed by atoms with Crippen LogP contribution in [0.25, 0.3) is 0 Å². The van der Waals surface area contributed by atoms with Crippen LogP contribution in [0.3, 0.4) is 0 Å². The molecule has 2 aliphatic rings. The third kappa shape index (κ3) is 4.09. The number of carbonyl (C=O) groups excluding carboxylic acids is 1. The molecule has 2 rings (SSSR count). The van der Waals surface area contributed by atoms with Crippen LogP contribution in [0.4, 0.5) is 4.79 Å². The highest BCUT2D eigenvalue weighted by atomic mass is 16.5. The van der Waals surface area contributed by atoms with Crippen LogP contribution in [-0.2, 0) is 9.53 Å². The molecule has 1 N–H and O–H groups in total. The van der Waals surface area contributed by atoms with Crippen molar-refractivity contribution in [3.05, 3.63) is 0 Å². The summed E-state index contributed by atoms with van der Waals surface area (Å²) < 4.78 is 5.44. The molecule has 0 bridgehead atoms. The number of urea groups is 1. The fourth-order valence-electron chi connectivity index (χ4n) is 3.24. The van der Waals surface area contributed by atoms with E-state index in [1.54, 1.807) is 11.9 Å². The molecule has 2 amide bonds. The van der Waals surface area contributed by atoms with E-state index in [-0.39, 0.29) is 6.03 Å². The van der Waals surface area contributed by atoms with E-state index in [0.717, 1.165) is 25.9 Å². The highest BCUT2D eigenvalue weighted by molar-refractivity contribution is 5.82. The fourth-order valence-corrected chi connectivity index (χ4v) is 3.24. The number of carbonyl (C=O) groups is 2. The van der Waals surface area contributed by atoms with Crippen LogP contribution in [0.1, 0.15) is 32.6 Å². The number of amides is 2. The second-order valence-electron chi connectivity index (χ2n) is 6.42. The van der Waals surface area contributed by atoms with E-state index in [9.17, 15) is 14.7 Å². The van der Waals surface area contributed by atoms with Crippen LogP contribution in [0, 0.1) is 11.8 Å². The van der Waals surface area contributed by atoms with Crippen molar-refractivity contribution >= 4 is 12.0 Å². The average Bonchev–Trinajstić information content (AvgIpc) is 2.47. The van der Waals surface area contributed by atoms with Gasteiger partial charge in [-0.1, -0.05) is 6.92 Å². The molecule has 6 nitrogen and oxygen atoms in total. The van der Waals surface area contributed by atoms with Crippen molar-refractivity contribution in [2.75, 3.05) is 33.4 Å². The summed E-state index contributed by atoms with van der Waals surface area (Å²) in [6, 6.07) is -0.855. The van der Waals surface area contributed by atoms with Crippen LogP contribution >= 0.6 is 0 Å². The molecule has 3 unspecified atom stereocenters. The van der Waals surface area contributed by atoms with Gasteiger partial charge in [-0.25, -0.2) is 9.59 Å². The summed E-state index contributed by atoms with van der Waals surface area (Å²) in [4.78, 5) is 27.1. The summed E-state index contributed by atoms with van der Waals surface area (Å²) in [6.07, 6.45) is 3.51. The first-order valence-electron chi connectivity index (χ1n) is 7.81. The standard InChI is InChI=1S/C15H26N2O4/c1-11-5-6-17(13(8-11)14(18)19)15(20)16(2)9-12-4-3-7-21-10-12/h11-13H,3-10H2,1-2H3,(H,18,19). The lowest BCUT2D eigenvalue weighted by molar-refractivity contribution is -0.144. The van der Waals surface area contributed by atoms with E-state index in [1.165, 1.54) is 4.90 Å². The fraction of sp³-hybridized carbons (Fsp3) is 0.867. The maximum Gasteiger partial charge on any atom is 0.326 e. The summed E-state index contributed by atoms with van der Waals surface area (Å²) in [7, 11) is 1.76. The molecule has 0 aliphatic carbocycles. The van der Waals surface area contributed by atoms with Crippen molar-refractivity contribution in [3.8, 4) is 0 Å². The molecule has 21 heavy (non-hydrogen) atoms. The van der Waals surface area contributed by atoms with Gasteiger partial charge in [0, 0.05) is 32.7 Å². The molecule has 120 valence electrons. The van der Waals surface area contributed by atoms with Gasteiger partial charge >= 0.3 is 12.0 Å². The van der Waals surface area contributed by atoms with E-state index in [2.05, 4.69) is 0 Å². The van der Waals surface area contributed by atoms with Crippen molar-refractivity contribution in [1.82, 2.24) is 9.80 Å². The zero-order valence-corrected chi connectivity index (χ0v) is 13.0. The molecule has 2 saturated heterocycles. The maximum atomic E-state index is 12.5. The first-order chi connectivity index (χ1) is 9.99. The van der Waals surface area contributed by atoms with Gasteiger partial charge in [-0.3, -0.25) is 0 Å². The van der Waals surface area contributed by atoms with Crippen LogP contribution in [0.2, 0.25) is 0 Å². The van der Waals surface area contributed by atoms with E-state index < -0.39 is 12.0 Å². The summed E-state index contributed by atoms with van der Waals surface area (Å²) in [5.74, 6) is -0.184. The Kier molecular flexibility index (Phi) is 5.45. The van der Waals surface area contributed by atoms with Gasteiger partial charge in [-0.05, 0) is 31.6 Å². The van der Waals surface area contributed by atoms with Gasteiger partial charge in [-0.2, -0.15) is 0 Å². The highest BCUT2D eigenvalue weighted by Crippen LogP contribution is 2.24. The molecule has 0 spiro atoms. The lowest BCUT2D eigenvalue weighted by Crippen LogP contribution is -2.54. The maximum absolute atomic E-state index is 12.5. The molecular weight excluding hydrogens is 272 g/mol. The quantitative estimate of drug-likeness (QED) is 0.860. The Bertz CT molecular complexity index is 382. The number of rotatable bonds is 3. The Hall–Kier alpha value is -1.30. The Morgan fingerprint density at radius 3 is 2.76 bits per heavy atom. The van der Waals surface area contributed by atoms with Crippen molar-refractivity contribution in [3.63, 3.8) is 0 Å². The Balaban J connectivity index is 1.94. The summed E-state index contributed by atoms with van der Waals surface area (Å²) in [5.41, 5.74) is 0. The molecule has 2 fully saturated rings. The normalized spacial score (nSPS) is 30.0. The molecule has 2 aliphatic heterocycles. The van der Waals surface area contributed by atoms with Gasteiger partial charge < -0.3 is 19.6 Å². The smallest absolute Gasteiger partial charge is 0.326 e. The zero-order chi connectivity index (χ0) is 15.4. The minimum atomic E-state index is -0.899. The second-order valence-corrected chi connectivity index (χ2v) is 6.42. The predicted octanol–water partition coefficient (Wildman–Crippen LogP) is 1.65. The molecule has 0 aromatic heterocycles. The van der Waals surface area contributed by atoms with E-state index in [0.29, 0.717) is 38.0 Å². The Morgan fingerprint density at radius 2 is 2.14 bits per heavy atom. The van der Waals surface area contributed by atoms with Crippen molar-refractivity contribution < 1.29 is 19.4 Å². The zero-order valence-electron chi connectivity index (χ0n) is 13.0. The van der Waals surface area contributed by atoms with Gasteiger partial charge in [0.2, 0.25) is 0 Å². The van der Waals surface area contributed by atoms with Crippen molar-refractivity contribution in [1.29, 1.82) is 0 Å². The summed E-state index contributed by atoms with van der Waals surface area (Å²) >= 11 is 0. The lowest BCUT2D eigenvalue weighted by Gasteiger charge is -2.39. The number of ether oxygens (including phenoxy) is 1. The molecule has 0 saturated carbocycles. The summed E-state index contributed by atoms with van der Waals surface area (Å²) in [5, 5.41) is 9.35. The second kappa shape index (κ2) is 7.11. The van der Waals surface area contributed by atoms with Crippen molar-refractivity contribution in [2.24, 2.45) is 11.8 Å². The Morgan fingerprint density at radius 1 is 1.38 bits per heavy atom. The van der Waals surface area contributed by atoms with Crippen LogP contribution in [-0.4, -0.2) is 66.3 Å². The molecule has 6 heteroatoms. The molecule has 0 aromatic rings. The first-order valence-corrected chi connectivity index (χ1v) is 7.81. The number of carboxylic acids is 1. The number of nitrogens with zero attached hydrogens (tertiary/aromatic N) is 2. The number of aliphatic carboxylic acids is 1. The van der Waals surface area contributed by atoms with Gasteiger partial charge in [0.15, 0.2) is 0 Å². The minimum Gasteiger partial charge on any atom is -0.480 e. The molecule has 2 heterocycles. The summed E-state index contributed by atoms with van der Waals surface area (Å²) in [6.45, 7) is 4.71. The topological polar surface area (TPSA) is 70.1 Å². The number of piperidine rings is 1. The molecule has 0 aromatic carbocycles. The van der Waals surface area contributed by atoms with Gasteiger partial charge in [0.1, 0.15) is 6.04 Å². The van der Waals surface area contributed by atoms with Crippen LogP contribution in [0.15, 0.2) is 0 Å². The number of hydrogen-bond acceptors (Lipinski definition) is 3. The SMILES string of the molecule is CC1CCN(C(=O)N(C)CC2CCCOC2)C(C(=O)O)C1. The van der Waals surface area contributed by atoms with Crippen LogP contribution < -0.4 is 0 Å². The predicted molar refractivity (Wildman–Crippen MR) is 78.1 cm³/mol. The molecule has 3 atom stereocenters. The minimum absolute atomic E-state index is 0.167. The monoisotopic (exact) mass is 298 g/mol. The number of hydrogen-bond donors (Lipinski definition) is 1. The number of likely N-dealkylation sites (tertiary alicyclic amines) is 1. The van der Waals surface area contributed by atoms with E-state index in [1.807, 2.05) is 6.92 Å².